The molecule has 138 valence electrons. The van der Waals surface area contributed by atoms with Crippen molar-refractivity contribution in [2.75, 3.05) is 12.0 Å². The number of hydrogen-bond donors (Lipinski definition) is 0. The zero-order valence-electron chi connectivity index (χ0n) is 15.8. The Morgan fingerprint density at radius 2 is 1.93 bits per heavy atom. The van der Waals surface area contributed by atoms with Crippen LogP contribution in [-0.2, 0) is 4.79 Å². The molecular formula is C20H21N5O2. The van der Waals surface area contributed by atoms with Gasteiger partial charge >= 0.3 is 0 Å². The standard InChI is InChI=1S/C20H21N5O2/c1-12-22-8-14(9-23-12)13-5-6-15-16(7-13)25(19(26)20(15,2)3)17-10-21-11-18(24-17)27-4/h5,7-11,15H,6H2,1-4H3. The number of amides is 1. The highest BCUT2D eigenvalue weighted by molar-refractivity contribution is 6.04. The summed E-state index contributed by atoms with van der Waals surface area (Å²) < 4.78 is 5.18. The number of carbonyl (C=O) groups is 1. The second kappa shape index (κ2) is 6.26. The topological polar surface area (TPSA) is 81.1 Å². The molecule has 0 radical (unpaired) electrons. The minimum Gasteiger partial charge on any atom is -0.480 e. The molecule has 2 aromatic heterocycles. The van der Waals surface area contributed by atoms with Crippen molar-refractivity contribution in [1.82, 2.24) is 19.9 Å². The molecule has 1 atom stereocenters. The molecule has 1 amide bonds. The summed E-state index contributed by atoms with van der Waals surface area (Å²) in [7, 11) is 1.53. The fraction of sp³-hybridized carbons (Fsp3) is 0.350. The van der Waals surface area contributed by atoms with E-state index in [0.29, 0.717) is 11.7 Å². The molecule has 7 nitrogen and oxygen atoms in total. The first-order valence-corrected chi connectivity index (χ1v) is 8.83. The van der Waals surface area contributed by atoms with Crippen molar-refractivity contribution < 1.29 is 9.53 Å². The van der Waals surface area contributed by atoms with Gasteiger partial charge in [-0.1, -0.05) is 19.9 Å². The fourth-order valence-electron chi connectivity index (χ4n) is 3.65. The number of carbonyl (C=O) groups excluding carboxylic acids is 1. The summed E-state index contributed by atoms with van der Waals surface area (Å²) in [6.45, 7) is 5.82. The molecular weight excluding hydrogens is 342 g/mol. The van der Waals surface area contributed by atoms with Crippen molar-refractivity contribution in [3.05, 3.63) is 54.0 Å². The number of ether oxygens (including phenoxy) is 1. The first kappa shape index (κ1) is 17.3. The van der Waals surface area contributed by atoms with Gasteiger partial charge in [-0.2, -0.15) is 4.98 Å². The zero-order chi connectivity index (χ0) is 19.2. The number of aryl methyl sites for hydroxylation is 1. The van der Waals surface area contributed by atoms with E-state index in [4.69, 9.17) is 4.74 Å². The van der Waals surface area contributed by atoms with Gasteiger partial charge in [0, 0.05) is 29.6 Å². The van der Waals surface area contributed by atoms with E-state index in [9.17, 15) is 4.79 Å². The fourth-order valence-corrected chi connectivity index (χ4v) is 3.65. The third-order valence-corrected chi connectivity index (χ3v) is 5.27. The lowest BCUT2D eigenvalue weighted by Gasteiger charge is -2.25. The first-order chi connectivity index (χ1) is 12.9. The molecule has 3 heterocycles. The quantitative estimate of drug-likeness (QED) is 0.834. The summed E-state index contributed by atoms with van der Waals surface area (Å²) >= 11 is 0. The van der Waals surface area contributed by atoms with Crippen LogP contribution in [0.3, 0.4) is 0 Å². The van der Waals surface area contributed by atoms with Gasteiger partial charge in [0.2, 0.25) is 11.8 Å². The zero-order valence-corrected chi connectivity index (χ0v) is 15.8. The van der Waals surface area contributed by atoms with Crippen molar-refractivity contribution in [2.24, 2.45) is 11.3 Å². The van der Waals surface area contributed by atoms with E-state index in [1.807, 2.05) is 39.2 Å². The average Bonchev–Trinajstić information content (AvgIpc) is 2.88. The Kier molecular flexibility index (Phi) is 4.02. The second-order valence-electron chi connectivity index (χ2n) is 7.32. The molecule has 7 heteroatoms. The Bertz CT molecular complexity index is 963. The van der Waals surface area contributed by atoms with Crippen LogP contribution in [0.4, 0.5) is 5.82 Å². The molecule has 0 saturated carbocycles. The Balaban J connectivity index is 1.80. The van der Waals surface area contributed by atoms with Crippen molar-refractivity contribution in [1.29, 1.82) is 0 Å². The number of allylic oxidation sites excluding steroid dienone is 4. The summed E-state index contributed by atoms with van der Waals surface area (Å²) in [6.07, 6.45) is 11.7. The highest BCUT2D eigenvalue weighted by atomic mass is 16.5. The monoisotopic (exact) mass is 363 g/mol. The molecule has 1 aliphatic carbocycles. The molecule has 27 heavy (non-hydrogen) atoms. The van der Waals surface area contributed by atoms with Gasteiger partial charge in [0.05, 0.1) is 24.9 Å². The summed E-state index contributed by atoms with van der Waals surface area (Å²) in [5.41, 5.74) is 2.33. The summed E-state index contributed by atoms with van der Waals surface area (Å²) in [6, 6.07) is 0. The van der Waals surface area contributed by atoms with E-state index >= 15 is 0 Å². The van der Waals surface area contributed by atoms with Gasteiger partial charge in [0.25, 0.3) is 0 Å². The van der Waals surface area contributed by atoms with Gasteiger partial charge < -0.3 is 4.74 Å². The molecule has 4 rings (SSSR count). The van der Waals surface area contributed by atoms with Crippen LogP contribution in [0.2, 0.25) is 0 Å². The smallest absolute Gasteiger partial charge is 0.238 e. The number of hydrogen-bond acceptors (Lipinski definition) is 6. The first-order valence-electron chi connectivity index (χ1n) is 8.83. The third-order valence-electron chi connectivity index (χ3n) is 5.27. The Morgan fingerprint density at radius 3 is 2.63 bits per heavy atom. The van der Waals surface area contributed by atoms with E-state index in [1.165, 1.54) is 13.3 Å². The lowest BCUT2D eigenvalue weighted by molar-refractivity contribution is -0.125. The van der Waals surface area contributed by atoms with E-state index in [-0.39, 0.29) is 11.8 Å². The summed E-state index contributed by atoms with van der Waals surface area (Å²) in [5, 5.41) is 0. The van der Waals surface area contributed by atoms with Gasteiger partial charge in [-0.3, -0.25) is 14.7 Å². The average molecular weight is 363 g/mol. The lowest BCUT2D eigenvalue weighted by Crippen LogP contribution is -2.31. The van der Waals surface area contributed by atoms with Crippen molar-refractivity contribution >= 4 is 17.3 Å². The molecule has 0 spiro atoms. The summed E-state index contributed by atoms with van der Waals surface area (Å²) in [4.78, 5) is 32.0. The second-order valence-corrected chi connectivity index (χ2v) is 7.32. The number of rotatable bonds is 3. The van der Waals surface area contributed by atoms with Crippen LogP contribution in [0.15, 0.2) is 42.6 Å². The number of fused-ring (bicyclic) bond motifs is 1. The van der Waals surface area contributed by atoms with Crippen molar-refractivity contribution in [2.45, 2.75) is 27.2 Å². The van der Waals surface area contributed by atoms with Crippen LogP contribution in [0.5, 0.6) is 5.88 Å². The van der Waals surface area contributed by atoms with Crippen LogP contribution in [-0.4, -0.2) is 33.0 Å². The molecule has 2 aromatic rings. The van der Waals surface area contributed by atoms with Crippen LogP contribution >= 0.6 is 0 Å². The van der Waals surface area contributed by atoms with Gasteiger partial charge in [-0.15, -0.1) is 0 Å². The van der Waals surface area contributed by atoms with Crippen LogP contribution in [0.1, 0.15) is 31.7 Å². The third kappa shape index (κ3) is 2.79. The minimum atomic E-state index is -0.525. The summed E-state index contributed by atoms with van der Waals surface area (Å²) in [5.74, 6) is 1.67. The molecule has 0 bridgehead atoms. The lowest BCUT2D eigenvalue weighted by atomic mass is 9.75. The SMILES string of the molecule is COc1cncc(N2C(=O)C(C)(C)C3CC=C(c4cnc(C)nc4)C=C32)n1. The van der Waals surface area contributed by atoms with Crippen LogP contribution in [0.25, 0.3) is 5.57 Å². The molecule has 1 unspecified atom stereocenters. The molecule has 1 fully saturated rings. The number of methoxy groups -OCH3 is 1. The molecule has 0 N–H and O–H groups in total. The van der Waals surface area contributed by atoms with E-state index in [1.54, 1.807) is 11.1 Å². The molecule has 1 aliphatic heterocycles. The van der Waals surface area contributed by atoms with Crippen LogP contribution < -0.4 is 9.64 Å². The van der Waals surface area contributed by atoms with E-state index < -0.39 is 5.41 Å². The molecule has 0 aromatic carbocycles. The Morgan fingerprint density at radius 1 is 1.19 bits per heavy atom. The Labute approximate surface area is 157 Å². The maximum atomic E-state index is 13.2. The number of aromatic nitrogens is 4. The normalized spacial score (nSPS) is 20.8. The van der Waals surface area contributed by atoms with Crippen molar-refractivity contribution in [3.8, 4) is 5.88 Å². The predicted molar refractivity (Wildman–Crippen MR) is 101 cm³/mol. The minimum absolute atomic E-state index is 0.0103. The van der Waals surface area contributed by atoms with Gasteiger partial charge in [0.1, 0.15) is 5.82 Å². The maximum Gasteiger partial charge on any atom is 0.238 e. The van der Waals surface area contributed by atoms with Gasteiger partial charge in [0.15, 0.2) is 5.82 Å². The van der Waals surface area contributed by atoms with Crippen LogP contribution in [0, 0.1) is 18.3 Å². The largest absolute Gasteiger partial charge is 0.480 e. The molecule has 2 aliphatic rings. The van der Waals surface area contributed by atoms with E-state index in [0.717, 1.165) is 29.1 Å². The van der Waals surface area contributed by atoms with E-state index in [2.05, 4.69) is 26.0 Å². The van der Waals surface area contributed by atoms with Gasteiger partial charge in [-0.25, -0.2) is 9.97 Å². The molecule has 1 saturated heterocycles. The van der Waals surface area contributed by atoms with Gasteiger partial charge in [-0.05, 0) is 25.0 Å². The Hall–Kier alpha value is -3.09. The number of nitrogens with zero attached hydrogens (tertiary/aromatic N) is 5. The number of anilines is 1. The van der Waals surface area contributed by atoms with Crippen molar-refractivity contribution in [3.63, 3.8) is 0 Å². The predicted octanol–water partition coefficient (Wildman–Crippen LogP) is 2.94. The highest BCUT2D eigenvalue weighted by Crippen LogP contribution is 2.50. The maximum absolute atomic E-state index is 13.2. The highest BCUT2D eigenvalue weighted by Gasteiger charge is 2.52.